The number of nitrogens with two attached hydrogens (primary N) is 1. The normalized spacial score (nSPS) is 12.3. The van der Waals surface area contributed by atoms with Gasteiger partial charge in [-0.25, -0.2) is 10.8 Å². The van der Waals surface area contributed by atoms with E-state index in [9.17, 15) is 4.79 Å². The van der Waals surface area contributed by atoms with Crippen LogP contribution >= 0.6 is 0 Å². The fourth-order valence-corrected chi connectivity index (χ4v) is 0.719. The van der Waals surface area contributed by atoms with E-state index in [0.29, 0.717) is 11.5 Å². The Hall–Kier alpha value is -1.62. The Morgan fingerprint density at radius 3 is 2.50 bits per heavy atom. The van der Waals surface area contributed by atoms with E-state index in [1.54, 1.807) is 24.0 Å². The molecular weight excluding hydrogens is 180 g/mol. The highest BCUT2D eigenvalue weighted by molar-refractivity contribution is 6.37. The second-order valence-corrected chi connectivity index (χ2v) is 2.83. The molecule has 0 fully saturated rings. The molecule has 0 aromatic heterocycles. The van der Waals surface area contributed by atoms with Crippen LogP contribution in [0.2, 0.25) is 0 Å². The maximum absolute atomic E-state index is 11.0. The number of aliphatic imine (C=N–C) groups is 1. The monoisotopic (exact) mass is 196 g/mol. The van der Waals surface area contributed by atoms with Crippen molar-refractivity contribution in [3.63, 3.8) is 0 Å². The van der Waals surface area contributed by atoms with Crippen molar-refractivity contribution in [1.29, 1.82) is 0 Å². The third-order valence-corrected chi connectivity index (χ3v) is 1.47. The number of allylic oxidation sites excluding steroid dienone is 2. The van der Waals surface area contributed by atoms with E-state index >= 15 is 0 Å². The molecule has 0 radical (unpaired) electrons. The first kappa shape index (κ1) is 12.4. The lowest BCUT2D eigenvalue weighted by Gasteiger charge is -2.12. The third-order valence-electron chi connectivity index (χ3n) is 1.47. The fraction of sp³-hybridized carbons (Fsp3) is 0.333. The molecule has 0 heterocycles. The van der Waals surface area contributed by atoms with Crippen LogP contribution in [0.25, 0.3) is 0 Å². The summed E-state index contributed by atoms with van der Waals surface area (Å²) in [5.41, 5.74) is 2.31. The predicted octanol–water partition coefficient (Wildman–Crippen LogP) is 0.0262. The summed E-state index contributed by atoms with van der Waals surface area (Å²) < 4.78 is 0. The molecule has 0 spiro atoms. The van der Waals surface area contributed by atoms with Crippen LogP contribution in [0.1, 0.15) is 6.92 Å². The Morgan fingerprint density at radius 2 is 2.14 bits per heavy atom. The minimum absolute atomic E-state index is 0.300. The molecule has 3 N–H and O–H groups in total. The Balaban J connectivity index is 4.82. The number of nitrogens with zero attached hydrogens (tertiary/aromatic N) is 2. The van der Waals surface area contributed by atoms with Gasteiger partial charge in [-0.15, -0.1) is 0 Å². The summed E-state index contributed by atoms with van der Waals surface area (Å²) in [4.78, 5) is 16.9. The molecule has 1 amide bonds. The summed E-state index contributed by atoms with van der Waals surface area (Å²) in [5.74, 6) is 5.20. The lowest BCUT2D eigenvalue weighted by Crippen LogP contribution is -2.35. The van der Waals surface area contributed by atoms with Crippen LogP contribution in [0.4, 0.5) is 0 Å². The molecular formula is C9H16N4O. The van der Waals surface area contributed by atoms with Gasteiger partial charge < -0.3 is 4.90 Å². The number of carbonyl (C=O) groups excluding carboxylic acids is 1. The highest BCUT2D eigenvalue weighted by Gasteiger charge is 2.04. The Labute approximate surface area is 84.0 Å². The van der Waals surface area contributed by atoms with Crippen LogP contribution in [0, 0.1) is 0 Å². The molecule has 0 aliphatic heterocycles. The Morgan fingerprint density at radius 1 is 1.57 bits per heavy atom. The smallest absolute Gasteiger partial charge is 0.279 e. The van der Waals surface area contributed by atoms with E-state index in [2.05, 4.69) is 11.6 Å². The van der Waals surface area contributed by atoms with Gasteiger partial charge in [0.2, 0.25) is 0 Å². The summed E-state index contributed by atoms with van der Waals surface area (Å²) in [5, 5.41) is 0. The number of amides is 1. The van der Waals surface area contributed by atoms with Crippen LogP contribution in [0.15, 0.2) is 29.5 Å². The average molecular weight is 196 g/mol. The van der Waals surface area contributed by atoms with Crippen LogP contribution < -0.4 is 11.3 Å². The third kappa shape index (κ3) is 3.86. The SMILES string of the molecule is C=C/C=C(\N=C(/C)C(=O)NN)N(C)C. The fourth-order valence-electron chi connectivity index (χ4n) is 0.719. The van der Waals surface area contributed by atoms with Crippen molar-refractivity contribution in [3.05, 3.63) is 24.6 Å². The molecule has 0 saturated heterocycles. The van der Waals surface area contributed by atoms with Gasteiger partial charge in [0.15, 0.2) is 0 Å². The summed E-state index contributed by atoms with van der Waals surface area (Å²) in [6, 6.07) is 0. The van der Waals surface area contributed by atoms with Crippen molar-refractivity contribution in [2.75, 3.05) is 14.1 Å². The molecule has 0 unspecified atom stereocenters. The molecule has 0 aliphatic rings. The van der Waals surface area contributed by atoms with Gasteiger partial charge in [-0.05, 0) is 13.0 Å². The second kappa shape index (κ2) is 5.93. The molecule has 5 heteroatoms. The van der Waals surface area contributed by atoms with Gasteiger partial charge in [0.1, 0.15) is 11.5 Å². The standard InChI is InChI=1S/C9H16N4O/c1-5-6-8(13(3)4)11-7(2)9(14)12-10/h5-6H,1,10H2,2-4H3,(H,12,14)/b8-6+,11-7+. The number of carbonyl (C=O) groups is 1. The van der Waals surface area contributed by atoms with E-state index in [1.807, 2.05) is 19.5 Å². The maximum Gasteiger partial charge on any atom is 0.279 e. The molecule has 5 nitrogen and oxygen atoms in total. The van der Waals surface area contributed by atoms with Gasteiger partial charge in [-0.1, -0.05) is 12.7 Å². The van der Waals surface area contributed by atoms with E-state index in [0.717, 1.165) is 0 Å². The zero-order valence-electron chi connectivity index (χ0n) is 8.74. The second-order valence-electron chi connectivity index (χ2n) is 2.83. The molecule has 0 aromatic rings. The highest BCUT2D eigenvalue weighted by Crippen LogP contribution is 2.01. The number of hydrogen-bond donors (Lipinski definition) is 2. The summed E-state index contributed by atoms with van der Waals surface area (Å²) in [6.45, 7) is 5.14. The lowest BCUT2D eigenvalue weighted by atomic mass is 10.4. The number of nitrogens with one attached hydrogen (secondary N) is 1. The van der Waals surface area contributed by atoms with Gasteiger partial charge in [-0.2, -0.15) is 0 Å². The lowest BCUT2D eigenvalue weighted by molar-refractivity contribution is -0.114. The van der Waals surface area contributed by atoms with Crippen LogP contribution in [0.5, 0.6) is 0 Å². The van der Waals surface area contributed by atoms with Crippen molar-refractivity contribution in [2.24, 2.45) is 10.8 Å². The van der Waals surface area contributed by atoms with E-state index in [1.165, 1.54) is 0 Å². The average Bonchev–Trinajstić information content (AvgIpc) is 2.15. The largest absolute Gasteiger partial charge is 0.363 e. The minimum atomic E-state index is -0.401. The zero-order valence-corrected chi connectivity index (χ0v) is 8.74. The summed E-state index contributed by atoms with van der Waals surface area (Å²) in [6.07, 6.45) is 3.31. The van der Waals surface area contributed by atoms with Crippen molar-refractivity contribution < 1.29 is 4.79 Å². The van der Waals surface area contributed by atoms with Crippen molar-refractivity contribution in [3.8, 4) is 0 Å². The van der Waals surface area contributed by atoms with Gasteiger partial charge in [0.25, 0.3) is 5.91 Å². The van der Waals surface area contributed by atoms with Crippen LogP contribution in [-0.4, -0.2) is 30.6 Å². The number of hydrogen-bond acceptors (Lipinski definition) is 4. The quantitative estimate of drug-likeness (QED) is 0.219. The van der Waals surface area contributed by atoms with Crippen molar-refractivity contribution in [1.82, 2.24) is 10.3 Å². The Bertz CT molecular complexity index is 279. The zero-order chi connectivity index (χ0) is 11.1. The first-order valence-corrected chi connectivity index (χ1v) is 4.09. The molecule has 0 aliphatic carbocycles. The first-order chi connectivity index (χ1) is 6.52. The van der Waals surface area contributed by atoms with Crippen LogP contribution in [-0.2, 0) is 4.79 Å². The van der Waals surface area contributed by atoms with E-state index in [-0.39, 0.29) is 0 Å². The van der Waals surface area contributed by atoms with Crippen molar-refractivity contribution in [2.45, 2.75) is 6.92 Å². The minimum Gasteiger partial charge on any atom is -0.363 e. The molecule has 0 bridgehead atoms. The van der Waals surface area contributed by atoms with E-state index < -0.39 is 5.91 Å². The molecule has 14 heavy (non-hydrogen) atoms. The molecule has 0 rings (SSSR count). The number of hydrazine groups is 1. The topological polar surface area (TPSA) is 70.7 Å². The van der Waals surface area contributed by atoms with Gasteiger partial charge in [-0.3, -0.25) is 10.2 Å². The van der Waals surface area contributed by atoms with Gasteiger partial charge in [0, 0.05) is 14.1 Å². The molecule has 78 valence electrons. The van der Waals surface area contributed by atoms with Gasteiger partial charge in [0.05, 0.1) is 0 Å². The summed E-state index contributed by atoms with van der Waals surface area (Å²) in [7, 11) is 3.65. The maximum atomic E-state index is 11.0. The molecule has 0 atom stereocenters. The van der Waals surface area contributed by atoms with E-state index in [4.69, 9.17) is 5.84 Å². The van der Waals surface area contributed by atoms with Gasteiger partial charge >= 0.3 is 0 Å². The molecule has 0 aromatic carbocycles. The van der Waals surface area contributed by atoms with Crippen LogP contribution in [0.3, 0.4) is 0 Å². The predicted molar refractivity (Wildman–Crippen MR) is 57.4 cm³/mol. The highest BCUT2D eigenvalue weighted by atomic mass is 16.2. The van der Waals surface area contributed by atoms with Crippen molar-refractivity contribution >= 4 is 11.6 Å². The Kier molecular flexibility index (Phi) is 5.24. The first-order valence-electron chi connectivity index (χ1n) is 4.09. The number of rotatable bonds is 4. The molecule has 0 saturated carbocycles. The summed E-state index contributed by atoms with van der Waals surface area (Å²) >= 11 is 0.